The Labute approximate surface area is 84.7 Å². The molecule has 0 unspecified atom stereocenters. The average molecular weight is 217 g/mol. The fraction of sp³-hybridized carbons (Fsp3) is 0.333. The predicted octanol–water partition coefficient (Wildman–Crippen LogP) is 1.91. The van der Waals surface area contributed by atoms with Crippen LogP contribution in [0.4, 0.5) is 0 Å². The summed E-state index contributed by atoms with van der Waals surface area (Å²) < 4.78 is 10.8. The third-order valence-corrected chi connectivity index (χ3v) is 5.28. The van der Waals surface area contributed by atoms with Crippen molar-refractivity contribution in [3.8, 4) is 0 Å². The van der Waals surface area contributed by atoms with Crippen molar-refractivity contribution in [3.05, 3.63) is 29.3 Å². The topological polar surface area (TPSA) is 18.5 Å². The summed E-state index contributed by atoms with van der Waals surface area (Å²) in [6, 6.07) is 7.61. The minimum Gasteiger partial charge on any atom is -0.394 e. The van der Waals surface area contributed by atoms with Crippen molar-refractivity contribution in [2.45, 2.75) is 6.55 Å². The largest absolute Gasteiger partial charge is 0.394 e. The SMILES string of the molecule is CO[Si](C)(OC)c1cccc(Cl)c1. The summed E-state index contributed by atoms with van der Waals surface area (Å²) in [6.07, 6.45) is 0. The van der Waals surface area contributed by atoms with Crippen LogP contribution in [0.2, 0.25) is 11.6 Å². The Morgan fingerprint density at radius 3 is 2.31 bits per heavy atom. The fourth-order valence-corrected chi connectivity index (χ4v) is 2.83. The minimum atomic E-state index is -2.19. The summed E-state index contributed by atoms with van der Waals surface area (Å²) in [5.41, 5.74) is 0. The maximum atomic E-state index is 5.88. The molecule has 0 aliphatic heterocycles. The van der Waals surface area contributed by atoms with Crippen molar-refractivity contribution in [1.29, 1.82) is 0 Å². The summed E-state index contributed by atoms with van der Waals surface area (Å²) in [7, 11) is 1.14. The predicted molar refractivity (Wildman–Crippen MR) is 56.7 cm³/mol. The first-order valence-electron chi connectivity index (χ1n) is 3.99. The molecule has 0 saturated heterocycles. The van der Waals surface area contributed by atoms with Crippen LogP contribution in [0.25, 0.3) is 0 Å². The fourth-order valence-electron chi connectivity index (χ4n) is 1.09. The molecule has 0 atom stereocenters. The minimum absolute atomic E-state index is 0.713. The lowest BCUT2D eigenvalue weighted by Gasteiger charge is -2.22. The first-order chi connectivity index (χ1) is 6.12. The lowest BCUT2D eigenvalue weighted by molar-refractivity contribution is 0.265. The van der Waals surface area contributed by atoms with Crippen LogP contribution in [0.3, 0.4) is 0 Å². The van der Waals surface area contributed by atoms with Gasteiger partial charge in [-0.15, -0.1) is 0 Å². The van der Waals surface area contributed by atoms with E-state index in [2.05, 4.69) is 0 Å². The van der Waals surface area contributed by atoms with E-state index < -0.39 is 8.56 Å². The zero-order valence-corrected chi connectivity index (χ0v) is 9.76. The lowest BCUT2D eigenvalue weighted by Crippen LogP contribution is -2.49. The smallest absolute Gasteiger partial charge is 0.368 e. The van der Waals surface area contributed by atoms with E-state index in [4.69, 9.17) is 20.5 Å². The molecule has 2 nitrogen and oxygen atoms in total. The second-order valence-electron chi connectivity index (χ2n) is 2.86. The second kappa shape index (κ2) is 4.24. The van der Waals surface area contributed by atoms with Gasteiger partial charge in [-0.1, -0.05) is 23.7 Å². The number of hydrogen-bond donors (Lipinski definition) is 0. The normalized spacial score (nSPS) is 11.7. The van der Waals surface area contributed by atoms with Gasteiger partial charge in [0.1, 0.15) is 0 Å². The van der Waals surface area contributed by atoms with E-state index in [0.29, 0.717) is 5.02 Å². The first-order valence-corrected chi connectivity index (χ1v) is 6.68. The van der Waals surface area contributed by atoms with Crippen molar-refractivity contribution in [1.82, 2.24) is 0 Å². The van der Waals surface area contributed by atoms with Crippen molar-refractivity contribution >= 4 is 25.3 Å². The Hall–Kier alpha value is -0.353. The lowest BCUT2D eigenvalue weighted by atomic mass is 10.4. The maximum Gasteiger partial charge on any atom is 0.368 e. The van der Waals surface area contributed by atoms with Gasteiger partial charge in [0.05, 0.1) is 0 Å². The van der Waals surface area contributed by atoms with Gasteiger partial charge in [-0.2, -0.15) is 0 Å². The van der Waals surface area contributed by atoms with Crippen LogP contribution in [0.15, 0.2) is 24.3 Å². The van der Waals surface area contributed by atoms with Gasteiger partial charge in [-0.05, 0) is 23.9 Å². The molecule has 0 aliphatic carbocycles. The molecule has 72 valence electrons. The van der Waals surface area contributed by atoms with Gasteiger partial charge in [-0.25, -0.2) is 0 Å². The van der Waals surface area contributed by atoms with Gasteiger partial charge >= 0.3 is 8.56 Å². The van der Waals surface area contributed by atoms with E-state index in [1.807, 2.05) is 30.8 Å². The van der Waals surface area contributed by atoms with Crippen LogP contribution >= 0.6 is 11.6 Å². The van der Waals surface area contributed by atoms with Crippen LogP contribution < -0.4 is 5.19 Å². The van der Waals surface area contributed by atoms with E-state index in [1.54, 1.807) is 14.2 Å². The number of halogens is 1. The third-order valence-electron chi connectivity index (χ3n) is 2.13. The Kier molecular flexibility index (Phi) is 3.50. The van der Waals surface area contributed by atoms with Crippen LogP contribution in [0, 0.1) is 0 Å². The van der Waals surface area contributed by atoms with E-state index >= 15 is 0 Å². The average Bonchev–Trinajstić information content (AvgIpc) is 2.17. The highest BCUT2D eigenvalue weighted by atomic mass is 35.5. The van der Waals surface area contributed by atoms with Gasteiger partial charge in [0.25, 0.3) is 0 Å². The summed E-state index contributed by atoms with van der Waals surface area (Å²) >= 11 is 5.88. The molecule has 1 aromatic carbocycles. The third kappa shape index (κ3) is 2.31. The molecule has 0 radical (unpaired) electrons. The molecule has 0 spiro atoms. The highest BCUT2D eigenvalue weighted by Crippen LogP contribution is 2.10. The molecule has 0 aliphatic rings. The maximum absolute atomic E-state index is 5.88. The molecular formula is C9H13ClO2Si. The first kappa shape index (κ1) is 10.7. The van der Waals surface area contributed by atoms with E-state index in [1.165, 1.54) is 0 Å². The van der Waals surface area contributed by atoms with Crippen LogP contribution in [-0.2, 0) is 8.85 Å². The summed E-state index contributed by atoms with van der Waals surface area (Å²) in [5.74, 6) is 0. The standard InChI is InChI=1S/C9H13ClO2Si/c1-11-13(3,12-2)9-6-4-5-8(10)7-9/h4-7H,1-3H3. The Balaban J connectivity index is 3.05. The van der Waals surface area contributed by atoms with Crippen LogP contribution in [-0.4, -0.2) is 22.8 Å². The Bertz CT molecular complexity index is 287. The monoisotopic (exact) mass is 216 g/mol. The molecule has 13 heavy (non-hydrogen) atoms. The molecular weight excluding hydrogens is 204 g/mol. The second-order valence-corrected chi connectivity index (χ2v) is 6.59. The van der Waals surface area contributed by atoms with Crippen LogP contribution in [0.1, 0.15) is 0 Å². The van der Waals surface area contributed by atoms with Crippen LogP contribution in [0.5, 0.6) is 0 Å². The molecule has 4 heteroatoms. The van der Waals surface area contributed by atoms with Gasteiger partial charge in [0, 0.05) is 19.2 Å². The van der Waals surface area contributed by atoms with Gasteiger partial charge in [0.15, 0.2) is 0 Å². The summed E-state index contributed by atoms with van der Waals surface area (Å²) in [5, 5.41) is 1.76. The molecule has 0 aromatic heterocycles. The van der Waals surface area contributed by atoms with E-state index in [9.17, 15) is 0 Å². The molecule has 0 bridgehead atoms. The molecule has 0 N–H and O–H groups in total. The van der Waals surface area contributed by atoms with Crippen molar-refractivity contribution in [3.63, 3.8) is 0 Å². The number of hydrogen-bond acceptors (Lipinski definition) is 2. The summed E-state index contributed by atoms with van der Waals surface area (Å²) in [4.78, 5) is 0. The molecule has 1 aromatic rings. The molecule has 0 amide bonds. The number of rotatable bonds is 3. The van der Waals surface area contributed by atoms with E-state index in [0.717, 1.165) is 5.19 Å². The summed E-state index contributed by atoms with van der Waals surface area (Å²) in [6.45, 7) is 1.98. The van der Waals surface area contributed by atoms with Gasteiger partial charge in [-0.3, -0.25) is 0 Å². The zero-order chi connectivity index (χ0) is 9.90. The molecule has 1 rings (SSSR count). The van der Waals surface area contributed by atoms with Crippen molar-refractivity contribution in [2.24, 2.45) is 0 Å². The van der Waals surface area contributed by atoms with Gasteiger partial charge < -0.3 is 8.85 Å². The molecule has 0 fully saturated rings. The highest BCUT2D eigenvalue weighted by molar-refractivity contribution is 6.80. The highest BCUT2D eigenvalue weighted by Gasteiger charge is 2.31. The quantitative estimate of drug-likeness (QED) is 0.719. The molecule has 0 heterocycles. The van der Waals surface area contributed by atoms with E-state index in [-0.39, 0.29) is 0 Å². The Morgan fingerprint density at radius 2 is 1.85 bits per heavy atom. The van der Waals surface area contributed by atoms with Crippen molar-refractivity contribution < 1.29 is 8.85 Å². The zero-order valence-electron chi connectivity index (χ0n) is 8.00. The van der Waals surface area contributed by atoms with Crippen molar-refractivity contribution in [2.75, 3.05) is 14.2 Å². The molecule has 0 saturated carbocycles. The Morgan fingerprint density at radius 1 is 1.23 bits per heavy atom. The number of benzene rings is 1. The van der Waals surface area contributed by atoms with Gasteiger partial charge in [0.2, 0.25) is 0 Å².